The number of aromatic nitrogens is 2. The van der Waals surface area contributed by atoms with Crippen LogP contribution in [-0.2, 0) is 0 Å². The maximum atomic E-state index is 4.56. The van der Waals surface area contributed by atoms with E-state index in [1.165, 1.54) is 5.57 Å². The smallest absolute Gasteiger partial charge is 0.0851 e. The standard InChI is InChI=1S/C12H19N3/c1-3-10(2)15-7-5-12(14-15)8-11-4-6-13-9-11/h5,7-8,10,13H,3-4,6,9H2,1-2H3. The summed E-state index contributed by atoms with van der Waals surface area (Å²) in [5.74, 6) is 0. The lowest BCUT2D eigenvalue weighted by molar-refractivity contribution is 0.477. The fourth-order valence-electron chi connectivity index (χ4n) is 1.78. The minimum Gasteiger partial charge on any atom is -0.313 e. The normalized spacial score (nSPS) is 21.1. The van der Waals surface area contributed by atoms with E-state index in [0.29, 0.717) is 6.04 Å². The van der Waals surface area contributed by atoms with Crippen LogP contribution in [-0.4, -0.2) is 22.9 Å². The Hall–Kier alpha value is -1.09. The Morgan fingerprint density at radius 3 is 3.20 bits per heavy atom. The summed E-state index contributed by atoms with van der Waals surface area (Å²) >= 11 is 0. The highest BCUT2D eigenvalue weighted by Crippen LogP contribution is 2.13. The van der Waals surface area contributed by atoms with Crippen molar-refractivity contribution in [1.82, 2.24) is 15.1 Å². The van der Waals surface area contributed by atoms with Crippen molar-refractivity contribution in [3.8, 4) is 0 Å². The molecule has 2 heterocycles. The van der Waals surface area contributed by atoms with Crippen molar-refractivity contribution in [2.75, 3.05) is 13.1 Å². The molecule has 1 unspecified atom stereocenters. The molecule has 1 saturated heterocycles. The van der Waals surface area contributed by atoms with Crippen molar-refractivity contribution < 1.29 is 0 Å². The van der Waals surface area contributed by atoms with Gasteiger partial charge in [-0.15, -0.1) is 0 Å². The fourth-order valence-corrected chi connectivity index (χ4v) is 1.78. The molecule has 1 aliphatic heterocycles. The summed E-state index contributed by atoms with van der Waals surface area (Å²) < 4.78 is 2.05. The quantitative estimate of drug-likeness (QED) is 0.820. The summed E-state index contributed by atoms with van der Waals surface area (Å²) in [6.07, 6.45) is 6.57. The Morgan fingerprint density at radius 1 is 1.67 bits per heavy atom. The Kier molecular flexibility index (Phi) is 3.21. The van der Waals surface area contributed by atoms with Crippen molar-refractivity contribution >= 4 is 6.08 Å². The average molecular weight is 205 g/mol. The van der Waals surface area contributed by atoms with Gasteiger partial charge in [-0.3, -0.25) is 4.68 Å². The molecule has 1 N–H and O–H groups in total. The van der Waals surface area contributed by atoms with E-state index in [0.717, 1.165) is 31.6 Å². The van der Waals surface area contributed by atoms with Crippen LogP contribution in [0.2, 0.25) is 0 Å². The predicted molar refractivity (Wildman–Crippen MR) is 62.7 cm³/mol. The molecule has 0 aliphatic carbocycles. The maximum Gasteiger partial charge on any atom is 0.0851 e. The third kappa shape index (κ3) is 2.48. The summed E-state index contributed by atoms with van der Waals surface area (Å²) in [5, 5.41) is 7.89. The van der Waals surface area contributed by atoms with Gasteiger partial charge in [0.15, 0.2) is 0 Å². The third-order valence-electron chi connectivity index (χ3n) is 3.00. The predicted octanol–water partition coefficient (Wildman–Crippen LogP) is 2.23. The SMILES string of the molecule is CCC(C)n1ccc(C=C2CCNC2)n1. The first-order valence-electron chi connectivity index (χ1n) is 5.75. The first-order valence-corrected chi connectivity index (χ1v) is 5.75. The Labute approximate surface area is 91.2 Å². The Balaban J connectivity index is 2.09. The zero-order chi connectivity index (χ0) is 10.7. The van der Waals surface area contributed by atoms with Crippen LogP contribution in [0.25, 0.3) is 6.08 Å². The van der Waals surface area contributed by atoms with Crippen molar-refractivity contribution in [2.45, 2.75) is 32.7 Å². The van der Waals surface area contributed by atoms with E-state index in [9.17, 15) is 0 Å². The minimum atomic E-state index is 0.499. The van der Waals surface area contributed by atoms with Crippen LogP contribution in [0.3, 0.4) is 0 Å². The van der Waals surface area contributed by atoms with Gasteiger partial charge in [-0.05, 0) is 38.5 Å². The number of nitrogens with one attached hydrogen (secondary N) is 1. The van der Waals surface area contributed by atoms with E-state index >= 15 is 0 Å². The van der Waals surface area contributed by atoms with Gasteiger partial charge in [0.1, 0.15) is 0 Å². The fraction of sp³-hybridized carbons (Fsp3) is 0.583. The second kappa shape index (κ2) is 4.62. The molecule has 2 rings (SSSR count). The highest BCUT2D eigenvalue weighted by atomic mass is 15.3. The van der Waals surface area contributed by atoms with Crippen molar-refractivity contribution in [2.24, 2.45) is 0 Å². The zero-order valence-electron chi connectivity index (χ0n) is 9.53. The van der Waals surface area contributed by atoms with Crippen LogP contribution in [0.4, 0.5) is 0 Å². The zero-order valence-corrected chi connectivity index (χ0v) is 9.53. The van der Waals surface area contributed by atoms with E-state index < -0.39 is 0 Å². The minimum absolute atomic E-state index is 0.499. The molecule has 1 atom stereocenters. The van der Waals surface area contributed by atoms with Crippen LogP contribution in [0.5, 0.6) is 0 Å². The number of rotatable bonds is 3. The molecule has 1 fully saturated rings. The first kappa shape index (κ1) is 10.4. The van der Waals surface area contributed by atoms with Crippen LogP contribution in [0.15, 0.2) is 17.8 Å². The van der Waals surface area contributed by atoms with Gasteiger partial charge in [-0.1, -0.05) is 12.5 Å². The lowest BCUT2D eigenvalue weighted by Crippen LogP contribution is -2.05. The van der Waals surface area contributed by atoms with Crippen LogP contribution in [0, 0.1) is 0 Å². The molecule has 0 bridgehead atoms. The molecule has 3 nitrogen and oxygen atoms in total. The molecule has 0 aromatic carbocycles. The second-order valence-electron chi connectivity index (χ2n) is 4.21. The largest absolute Gasteiger partial charge is 0.313 e. The number of nitrogens with zero attached hydrogens (tertiary/aromatic N) is 2. The number of hydrogen-bond donors (Lipinski definition) is 1. The van der Waals surface area contributed by atoms with Crippen molar-refractivity contribution in [1.29, 1.82) is 0 Å². The van der Waals surface area contributed by atoms with E-state index in [2.05, 4.69) is 47.3 Å². The molecule has 0 spiro atoms. The van der Waals surface area contributed by atoms with Gasteiger partial charge in [0, 0.05) is 18.8 Å². The van der Waals surface area contributed by atoms with E-state index in [4.69, 9.17) is 0 Å². The van der Waals surface area contributed by atoms with E-state index in [-0.39, 0.29) is 0 Å². The molecule has 1 aromatic rings. The van der Waals surface area contributed by atoms with E-state index in [1.807, 2.05) is 0 Å². The van der Waals surface area contributed by atoms with Gasteiger partial charge in [-0.2, -0.15) is 5.10 Å². The second-order valence-corrected chi connectivity index (χ2v) is 4.21. The lowest BCUT2D eigenvalue weighted by Gasteiger charge is -2.07. The van der Waals surface area contributed by atoms with Gasteiger partial charge >= 0.3 is 0 Å². The van der Waals surface area contributed by atoms with Gasteiger partial charge in [0.2, 0.25) is 0 Å². The number of hydrogen-bond acceptors (Lipinski definition) is 2. The monoisotopic (exact) mass is 205 g/mol. The van der Waals surface area contributed by atoms with Crippen LogP contribution < -0.4 is 5.32 Å². The molecule has 0 amide bonds. The molecular formula is C12H19N3. The summed E-state index contributed by atoms with van der Waals surface area (Å²) in [6.45, 7) is 6.51. The molecule has 0 radical (unpaired) electrons. The molecule has 15 heavy (non-hydrogen) atoms. The Morgan fingerprint density at radius 2 is 2.53 bits per heavy atom. The highest BCUT2D eigenvalue weighted by molar-refractivity contribution is 5.49. The van der Waals surface area contributed by atoms with Gasteiger partial charge < -0.3 is 5.32 Å². The summed E-state index contributed by atoms with van der Waals surface area (Å²) in [6, 6.07) is 2.59. The molecule has 1 aromatic heterocycles. The van der Waals surface area contributed by atoms with Crippen LogP contribution >= 0.6 is 0 Å². The topological polar surface area (TPSA) is 29.9 Å². The Bertz CT molecular complexity index is 344. The summed E-state index contributed by atoms with van der Waals surface area (Å²) in [7, 11) is 0. The van der Waals surface area contributed by atoms with Gasteiger partial charge in [-0.25, -0.2) is 0 Å². The molecular weight excluding hydrogens is 186 g/mol. The maximum absolute atomic E-state index is 4.56. The molecule has 82 valence electrons. The molecule has 1 aliphatic rings. The van der Waals surface area contributed by atoms with E-state index in [1.54, 1.807) is 0 Å². The summed E-state index contributed by atoms with van der Waals surface area (Å²) in [4.78, 5) is 0. The highest BCUT2D eigenvalue weighted by Gasteiger charge is 2.07. The lowest BCUT2D eigenvalue weighted by atomic mass is 10.2. The molecule has 0 saturated carbocycles. The third-order valence-corrected chi connectivity index (χ3v) is 3.00. The van der Waals surface area contributed by atoms with Gasteiger partial charge in [0.25, 0.3) is 0 Å². The average Bonchev–Trinajstić information content (AvgIpc) is 2.88. The van der Waals surface area contributed by atoms with Crippen LogP contribution in [0.1, 0.15) is 38.4 Å². The van der Waals surface area contributed by atoms with Gasteiger partial charge in [0.05, 0.1) is 5.69 Å². The molecule has 3 heteroatoms. The first-order chi connectivity index (χ1) is 7.29. The van der Waals surface area contributed by atoms with Crippen molar-refractivity contribution in [3.63, 3.8) is 0 Å². The van der Waals surface area contributed by atoms with Crippen molar-refractivity contribution in [3.05, 3.63) is 23.5 Å². The summed E-state index contributed by atoms with van der Waals surface area (Å²) in [5.41, 5.74) is 2.55.